The summed E-state index contributed by atoms with van der Waals surface area (Å²) in [6.07, 6.45) is -0.120. The lowest BCUT2D eigenvalue weighted by molar-refractivity contribution is -0.0356. The lowest BCUT2D eigenvalue weighted by atomic mass is 9.92. The van der Waals surface area contributed by atoms with Crippen molar-refractivity contribution in [1.82, 2.24) is 5.32 Å². The van der Waals surface area contributed by atoms with E-state index < -0.39 is 5.92 Å². The van der Waals surface area contributed by atoms with E-state index in [1.54, 1.807) is 0 Å². The van der Waals surface area contributed by atoms with Crippen molar-refractivity contribution in [3.05, 3.63) is 29.8 Å². The Hall–Kier alpha value is -1.16. The van der Waals surface area contributed by atoms with Gasteiger partial charge in [0, 0.05) is 12.0 Å². The molecular formula is C11H13F2NO. The number of hydrogen-bond donors (Lipinski definition) is 2. The first-order valence-corrected chi connectivity index (χ1v) is 4.96. The summed E-state index contributed by atoms with van der Waals surface area (Å²) in [6.45, 7) is 1.35. The topological polar surface area (TPSA) is 32.3 Å². The smallest absolute Gasteiger partial charge is 0.273 e. The molecule has 1 heterocycles. The van der Waals surface area contributed by atoms with Gasteiger partial charge in [-0.05, 0) is 43.3 Å². The fourth-order valence-corrected chi connectivity index (χ4v) is 1.68. The first-order valence-electron chi connectivity index (χ1n) is 4.96. The molecule has 0 aromatic heterocycles. The molecule has 2 rings (SSSR count). The summed E-state index contributed by atoms with van der Waals surface area (Å²) in [5.74, 6) is -2.71. The molecular weight excluding hydrogens is 200 g/mol. The van der Waals surface area contributed by atoms with Crippen molar-refractivity contribution in [3.8, 4) is 5.75 Å². The summed E-state index contributed by atoms with van der Waals surface area (Å²) in [4.78, 5) is 0. The molecule has 0 bridgehead atoms. The van der Waals surface area contributed by atoms with Gasteiger partial charge in [-0.3, -0.25) is 0 Å². The van der Waals surface area contributed by atoms with E-state index in [1.807, 2.05) is 0 Å². The highest BCUT2D eigenvalue weighted by atomic mass is 19.3. The maximum atomic E-state index is 13.6. The minimum Gasteiger partial charge on any atom is -0.508 e. The van der Waals surface area contributed by atoms with E-state index in [0.717, 1.165) is 0 Å². The van der Waals surface area contributed by atoms with Crippen LogP contribution in [0.3, 0.4) is 0 Å². The van der Waals surface area contributed by atoms with Crippen molar-refractivity contribution < 1.29 is 13.9 Å². The number of alkyl halides is 2. The molecule has 82 valence electrons. The molecule has 1 aliphatic heterocycles. The van der Waals surface area contributed by atoms with Gasteiger partial charge in [0.05, 0.1) is 0 Å². The second-order valence-electron chi connectivity index (χ2n) is 3.98. The molecule has 15 heavy (non-hydrogen) atoms. The number of phenols is 1. The number of halogens is 2. The third-order valence-electron chi connectivity index (χ3n) is 2.70. The van der Waals surface area contributed by atoms with E-state index in [0.29, 0.717) is 13.1 Å². The molecule has 2 nitrogen and oxygen atoms in total. The fourth-order valence-electron chi connectivity index (χ4n) is 1.68. The predicted molar refractivity (Wildman–Crippen MR) is 53.0 cm³/mol. The first kappa shape index (κ1) is 10.4. The van der Waals surface area contributed by atoms with Crippen molar-refractivity contribution in [1.29, 1.82) is 0 Å². The number of phenolic OH excluding ortho intramolecular Hbond substituents is 1. The van der Waals surface area contributed by atoms with E-state index in [1.165, 1.54) is 24.3 Å². The van der Waals surface area contributed by atoms with Crippen molar-refractivity contribution in [3.63, 3.8) is 0 Å². The molecule has 4 heteroatoms. The molecule has 1 saturated heterocycles. The van der Waals surface area contributed by atoms with Crippen molar-refractivity contribution in [2.24, 2.45) is 5.92 Å². The zero-order chi connectivity index (χ0) is 10.9. The Bertz CT molecular complexity index is 333. The van der Waals surface area contributed by atoms with Gasteiger partial charge in [-0.15, -0.1) is 0 Å². The molecule has 1 aromatic rings. The van der Waals surface area contributed by atoms with E-state index in [-0.39, 0.29) is 23.7 Å². The molecule has 1 aliphatic rings. The number of aromatic hydroxyl groups is 1. The van der Waals surface area contributed by atoms with Crippen LogP contribution in [-0.4, -0.2) is 18.2 Å². The van der Waals surface area contributed by atoms with Crippen LogP contribution >= 0.6 is 0 Å². The molecule has 0 spiro atoms. The van der Waals surface area contributed by atoms with Crippen LogP contribution in [-0.2, 0) is 5.92 Å². The summed E-state index contributed by atoms with van der Waals surface area (Å²) in [5, 5.41) is 12.0. The van der Waals surface area contributed by atoms with E-state index in [4.69, 9.17) is 5.11 Å². The second kappa shape index (κ2) is 3.77. The summed E-state index contributed by atoms with van der Waals surface area (Å²) in [6, 6.07) is 5.15. The summed E-state index contributed by atoms with van der Waals surface area (Å²) in [5.41, 5.74) is -0.0211. The Morgan fingerprint density at radius 1 is 1.27 bits per heavy atom. The molecule has 1 fully saturated rings. The van der Waals surface area contributed by atoms with Gasteiger partial charge in [0.1, 0.15) is 5.75 Å². The van der Waals surface area contributed by atoms with Crippen LogP contribution in [0.25, 0.3) is 0 Å². The highest BCUT2D eigenvalue weighted by Gasteiger charge is 2.36. The second-order valence-corrected chi connectivity index (χ2v) is 3.98. The lowest BCUT2D eigenvalue weighted by Gasteiger charge is -2.30. The summed E-state index contributed by atoms with van der Waals surface area (Å²) in [7, 11) is 0. The van der Waals surface area contributed by atoms with Gasteiger partial charge < -0.3 is 10.4 Å². The van der Waals surface area contributed by atoms with Gasteiger partial charge in [0.2, 0.25) is 0 Å². The standard InChI is InChI=1S/C11H13F2NO/c12-11(13,5-8-6-14-7-8)9-1-3-10(15)4-2-9/h1-4,8,14-15H,5-7H2. The van der Waals surface area contributed by atoms with Crippen LogP contribution in [0.15, 0.2) is 24.3 Å². The van der Waals surface area contributed by atoms with E-state index >= 15 is 0 Å². The van der Waals surface area contributed by atoms with Gasteiger partial charge in [-0.25, -0.2) is 8.78 Å². The monoisotopic (exact) mass is 213 g/mol. The lowest BCUT2D eigenvalue weighted by Crippen LogP contribution is -2.44. The Balaban J connectivity index is 2.09. The Morgan fingerprint density at radius 3 is 2.33 bits per heavy atom. The molecule has 0 unspecified atom stereocenters. The van der Waals surface area contributed by atoms with Gasteiger partial charge in [-0.2, -0.15) is 0 Å². The van der Waals surface area contributed by atoms with Crippen LogP contribution in [0.2, 0.25) is 0 Å². The largest absolute Gasteiger partial charge is 0.508 e. The number of nitrogens with one attached hydrogen (secondary N) is 1. The number of benzene rings is 1. The van der Waals surface area contributed by atoms with Crippen LogP contribution in [0.4, 0.5) is 8.78 Å². The van der Waals surface area contributed by atoms with Crippen molar-refractivity contribution in [2.45, 2.75) is 12.3 Å². The quantitative estimate of drug-likeness (QED) is 0.805. The molecule has 1 aromatic carbocycles. The first-order chi connectivity index (χ1) is 7.08. The molecule has 0 radical (unpaired) electrons. The zero-order valence-electron chi connectivity index (χ0n) is 8.21. The molecule has 2 N–H and O–H groups in total. The predicted octanol–water partition coefficient (Wildman–Crippen LogP) is 2.09. The number of hydrogen-bond acceptors (Lipinski definition) is 2. The minimum atomic E-state index is -2.79. The maximum Gasteiger partial charge on any atom is 0.273 e. The normalized spacial score (nSPS) is 17.5. The summed E-state index contributed by atoms with van der Waals surface area (Å²) >= 11 is 0. The van der Waals surface area contributed by atoms with E-state index in [2.05, 4.69) is 5.32 Å². The van der Waals surface area contributed by atoms with Gasteiger partial charge in [0.25, 0.3) is 5.92 Å². The van der Waals surface area contributed by atoms with Crippen molar-refractivity contribution >= 4 is 0 Å². The van der Waals surface area contributed by atoms with Crippen LogP contribution in [0.5, 0.6) is 5.75 Å². The fraction of sp³-hybridized carbons (Fsp3) is 0.455. The Kier molecular flexibility index (Phi) is 2.61. The SMILES string of the molecule is Oc1ccc(C(F)(F)CC2CNC2)cc1. The Labute approximate surface area is 86.9 Å². The van der Waals surface area contributed by atoms with Crippen molar-refractivity contribution in [2.75, 3.05) is 13.1 Å². The zero-order valence-corrected chi connectivity index (χ0v) is 8.21. The third kappa shape index (κ3) is 2.26. The van der Waals surface area contributed by atoms with Crippen LogP contribution in [0.1, 0.15) is 12.0 Å². The van der Waals surface area contributed by atoms with Crippen LogP contribution in [0, 0.1) is 5.92 Å². The average molecular weight is 213 g/mol. The molecule has 0 atom stereocenters. The Morgan fingerprint density at radius 2 is 1.87 bits per heavy atom. The van der Waals surface area contributed by atoms with Gasteiger partial charge in [-0.1, -0.05) is 0 Å². The highest BCUT2D eigenvalue weighted by molar-refractivity contribution is 5.28. The molecule has 0 aliphatic carbocycles. The summed E-state index contributed by atoms with van der Waals surface area (Å²) < 4.78 is 27.3. The average Bonchev–Trinajstić information content (AvgIpc) is 2.13. The van der Waals surface area contributed by atoms with E-state index in [9.17, 15) is 8.78 Å². The van der Waals surface area contributed by atoms with Crippen LogP contribution < -0.4 is 5.32 Å². The minimum absolute atomic E-state index is 0.0138. The molecule has 0 amide bonds. The van der Waals surface area contributed by atoms with Gasteiger partial charge in [0.15, 0.2) is 0 Å². The number of rotatable bonds is 3. The van der Waals surface area contributed by atoms with Gasteiger partial charge >= 0.3 is 0 Å². The molecule has 0 saturated carbocycles. The maximum absolute atomic E-state index is 13.6. The highest BCUT2D eigenvalue weighted by Crippen LogP contribution is 2.36. The third-order valence-corrected chi connectivity index (χ3v) is 2.70.